The quantitative estimate of drug-likeness (QED) is 0.650. The van der Waals surface area contributed by atoms with Crippen LogP contribution in [0.25, 0.3) is 0 Å². The Morgan fingerprint density at radius 3 is 2.79 bits per heavy atom. The van der Waals surface area contributed by atoms with Crippen molar-refractivity contribution in [3.8, 4) is 0 Å². The molecule has 1 heterocycles. The normalized spacial score (nSPS) is 12.6. The van der Waals surface area contributed by atoms with Crippen molar-refractivity contribution in [2.75, 3.05) is 0 Å². The van der Waals surface area contributed by atoms with E-state index in [0.717, 1.165) is 23.3 Å². The maximum atomic E-state index is 6.21. The molecule has 0 saturated carbocycles. The van der Waals surface area contributed by atoms with Crippen LogP contribution in [0.5, 0.6) is 0 Å². The van der Waals surface area contributed by atoms with Crippen molar-refractivity contribution >= 4 is 23.2 Å². The van der Waals surface area contributed by atoms with Crippen LogP contribution in [-0.2, 0) is 12.8 Å². The molecule has 1 unspecified atom stereocenters. The van der Waals surface area contributed by atoms with Crippen LogP contribution in [0.4, 0.5) is 0 Å². The number of hydrazine groups is 1. The molecule has 2 aromatic rings. The van der Waals surface area contributed by atoms with Crippen LogP contribution in [0.1, 0.15) is 29.9 Å². The van der Waals surface area contributed by atoms with Crippen LogP contribution in [0.15, 0.2) is 34.9 Å². The summed E-state index contributed by atoms with van der Waals surface area (Å²) in [6.45, 7) is 2.04. The van der Waals surface area contributed by atoms with Gasteiger partial charge in [-0.2, -0.15) is 0 Å². The zero-order valence-electron chi connectivity index (χ0n) is 10.6. The molecular weight excluding hydrogens is 283 g/mol. The van der Waals surface area contributed by atoms with E-state index in [9.17, 15) is 0 Å². The van der Waals surface area contributed by atoms with Crippen molar-refractivity contribution in [2.45, 2.75) is 25.8 Å². The Morgan fingerprint density at radius 1 is 1.32 bits per heavy atom. The first-order chi connectivity index (χ1) is 9.17. The van der Waals surface area contributed by atoms with E-state index in [2.05, 4.69) is 5.43 Å². The Morgan fingerprint density at radius 2 is 2.11 bits per heavy atom. The molecular formula is C14H16Cl2N2O. The fraction of sp³-hybridized carbons (Fsp3) is 0.286. The average Bonchev–Trinajstić information content (AvgIpc) is 2.88. The van der Waals surface area contributed by atoms with Gasteiger partial charge in [0.1, 0.15) is 5.76 Å². The van der Waals surface area contributed by atoms with Crippen LogP contribution in [0.3, 0.4) is 0 Å². The van der Waals surface area contributed by atoms with Crippen molar-refractivity contribution in [1.82, 2.24) is 5.43 Å². The zero-order chi connectivity index (χ0) is 13.8. The maximum Gasteiger partial charge on any atom is 0.108 e. The second-order valence-electron chi connectivity index (χ2n) is 4.29. The number of rotatable bonds is 5. The van der Waals surface area contributed by atoms with Gasteiger partial charge in [0.05, 0.1) is 22.4 Å². The molecule has 1 atom stereocenters. The number of nitrogens with two attached hydrogens (primary N) is 1. The molecule has 1 aromatic heterocycles. The van der Waals surface area contributed by atoms with Crippen molar-refractivity contribution in [1.29, 1.82) is 0 Å². The second-order valence-corrected chi connectivity index (χ2v) is 5.07. The lowest BCUT2D eigenvalue weighted by Crippen LogP contribution is -2.30. The highest BCUT2D eigenvalue weighted by atomic mass is 35.5. The summed E-state index contributed by atoms with van der Waals surface area (Å²) in [6.07, 6.45) is 3.16. The molecule has 102 valence electrons. The first-order valence-electron chi connectivity index (χ1n) is 6.12. The van der Waals surface area contributed by atoms with Crippen LogP contribution in [0.2, 0.25) is 10.0 Å². The molecule has 3 N–H and O–H groups in total. The van der Waals surface area contributed by atoms with Gasteiger partial charge in [0.15, 0.2) is 0 Å². The predicted octanol–water partition coefficient (Wildman–Crippen LogP) is 3.90. The third-order valence-electron chi connectivity index (χ3n) is 3.13. The first-order valence-corrected chi connectivity index (χ1v) is 6.88. The number of halogens is 2. The number of hydrogen-bond acceptors (Lipinski definition) is 3. The molecule has 0 fully saturated rings. The zero-order valence-corrected chi connectivity index (χ0v) is 12.1. The van der Waals surface area contributed by atoms with Crippen molar-refractivity contribution in [2.24, 2.45) is 5.84 Å². The summed E-state index contributed by atoms with van der Waals surface area (Å²) >= 11 is 12.2. The Balaban J connectivity index is 2.27. The number of furan rings is 1. The summed E-state index contributed by atoms with van der Waals surface area (Å²) in [5.41, 5.74) is 4.83. The van der Waals surface area contributed by atoms with E-state index < -0.39 is 0 Å². The fourth-order valence-electron chi connectivity index (χ4n) is 2.13. The summed E-state index contributed by atoms with van der Waals surface area (Å²) in [5.74, 6) is 6.59. The van der Waals surface area contributed by atoms with Gasteiger partial charge in [-0.3, -0.25) is 11.3 Å². The summed E-state index contributed by atoms with van der Waals surface area (Å²) in [4.78, 5) is 0. The van der Waals surface area contributed by atoms with Crippen LogP contribution < -0.4 is 11.3 Å². The van der Waals surface area contributed by atoms with E-state index in [1.807, 2.05) is 25.1 Å². The molecule has 0 aliphatic rings. The largest absolute Gasteiger partial charge is 0.469 e. The van der Waals surface area contributed by atoms with Crippen molar-refractivity contribution in [3.63, 3.8) is 0 Å². The molecule has 0 amide bonds. The van der Waals surface area contributed by atoms with E-state index in [1.165, 1.54) is 0 Å². The van der Waals surface area contributed by atoms with Gasteiger partial charge in [0.2, 0.25) is 0 Å². The second kappa shape index (κ2) is 6.44. The predicted molar refractivity (Wildman–Crippen MR) is 78.3 cm³/mol. The first kappa shape index (κ1) is 14.4. The van der Waals surface area contributed by atoms with Gasteiger partial charge in [0, 0.05) is 12.0 Å². The van der Waals surface area contributed by atoms with Crippen molar-refractivity contribution < 1.29 is 4.42 Å². The smallest absolute Gasteiger partial charge is 0.108 e. The third-order valence-corrected chi connectivity index (χ3v) is 3.99. The average molecular weight is 299 g/mol. The topological polar surface area (TPSA) is 51.2 Å². The van der Waals surface area contributed by atoms with Gasteiger partial charge in [-0.1, -0.05) is 42.3 Å². The monoisotopic (exact) mass is 298 g/mol. The molecule has 0 aliphatic carbocycles. The van der Waals surface area contributed by atoms with E-state index in [1.54, 1.807) is 12.3 Å². The van der Waals surface area contributed by atoms with Gasteiger partial charge < -0.3 is 4.42 Å². The minimum Gasteiger partial charge on any atom is -0.469 e. The minimum atomic E-state index is -0.0512. The molecule has 0 spiro atoms. The van der Waals surface area contributed by atoms with Crippen molar-refractivity contribution in [3.05, 3.63) is 57.5 Å². The maximum absolute atomic E-state index is 6.21. The number of hydrogen-bond donors (Lipinski definition) is 2. The Kier molecular flexibility index (Phi) is 4.88. The molecule has 2 rings (SSSR count). The Hall–Kier alpha value is -1.00. The lowest BCUT2D eigenvalue weighted by molar-refractivity contribution is 0.487. The number of benzene rings is 1. The van der Waals surface area contributed by atoms with Gasteiger partial charge in [-0.15, -0.1) is 0 Å². The molecule has 19 heavy (non-hydrogen) atoms. The highest BCUT2D eigenvalue weighted by molar-refractivity contribution is 6.42. The summed E-state index contributed by atoms with van der Waals surface area (Å²) in [7, 11) is 0. The third kappa shape index (κ3) is 3.12. The SMILES string of the molecule is CCc1occc1C(Cc1cccc(Cl)c1Cl)NN. The van der Waals surface area contributed by atoms with E-state index >= 15 is 0 Å². The van der Waals surface area contributed by atoms with Gasteiger partial charge in [0.25, 0.3) is 0 Å². The van der Waals surface area contributed by atoms with E-state index in [0.29, 0.717) is 16.5 Å². The highest BCUT2D eigenvalue weighted by Gasteiger charge is 2.18. The lowest BCUT2D eigenvalue weighted by atomic mass is 9.99. The Labute approximate surface area is 122 Å². The molecule has 0 radical (unpaired) electrons. The molecule has 3 nitrogen and oxygen atoms in total. The highest BCUT2D eigenvalue weighted by Crippen LogP contribution is 2.30. The Bertz CT molecular complexity index is 554. The summed E-state index contributed by atoms with van der Waals surface area (Å²) in [5, 5.41) is 1.13. The van der Waals surface area contributed by atoms with Crippen LogP contribution in [0, 0.1) is 0 Å². The molecule has 0 bridgehead atoms. The molecule has 5 heteroatoms. The summed E-state index contributed by atoms with van der Waals surface area (Å²) < 4.78 is 5.43. The van der Waals surface area contributed by atoms with E-state index in [4.69, 9.17) is 33.5 Å². The van der Waals surface area contributed by atoms with Crippen LogP contribution in [-0.4, -0.2) is 0 Å². The van der Waals surface area contributed by atoms with Gasteiger partial charge >= 0.3 is 0 Å². The molecule has 1 aromatic carbocycles. The minimum absolute atomic E-state index is 0.0512. The number of aryl methyl sites for hydroxylation is 1. The standard InChI is InChI=1S/C14H16Cl2N2O/c1-2-13-10(6-7-19-13)12(18-17)8-9-4-3-5-11(15)14(9)16/h3-7,12,18H,2,8,17H2,1H3. The van der Waals surface area contributed by atoms with Gasteiger partial charge in [-0.25, -0.2) is 0 Å². The van der Waals surface area contributed by atoms with E-state index in [-0.39, 0.29) is 6.04 Å². The fourth-order valence-corrected chi connectivity index (χ4v) is 2.53. The van der Waals surface area contributed by atoms with Gasteiger partial charge in [-0.05, 0) is 24.1 Å². The number of nitrogens with one attached hydrogen (secondary N) is 1. The summed E-state index contributed by atoms with van der Waals surface area (Å²) in [6, 6.07) is 7.48. The molecule has 0 aliphatic heterocycles. The molecule has 0 saturated heterocycles. The van der Waals surface area contributed by atoms with Crippen LogP contribution >= 0.6 is 23.2 Å². The lowest BCUT2D eigenvalue weighted by Gasteiger charge is -2.17.